The van der Waals surface area contributed by atoms with E-state index in [1.54, 1.807) is 18.2 Å². The molecule has 0 spiro atoms. The van der Waals surface area contributed by atoms with E-state index in [1.165, 1.54) is 0 Å². The van der Waals surface area contributed by atoms with Crippen LogP contribution in [0.2, 0.25) is 5.02 Å². The Balaban J connectivity index is 1.94. The summed E-state index contributed by atoms with van der Waals surface area (Å²) in [6.07, 6.45) is 0. The Morgan fingerprint density at radius 3 is 2.80 bits per heavy atom. The molecule has 1 unspecified atom stereocenters. The highest BCUT2D eigenvalue weighted by atomic mass is 79.9. The van der Waals surface area contributed by atoms with E-state index in [9.17, 15) is 4.21 Å². The Morgan fingerprint density at radius 2 is 2.05 bits per heavy atom. The smallest absolute Gasteiger partial charge is 0.120 e. The van der Waals surface area contributed by atoms with Gasteiger partial charge in [-0.15, -0.1) is 0 Å². The number of nitrogen functional groups attached to an aromatic ring is 1. The van der Waals surface area contributed by atoms with Gasteiger partial charge in [-0.3, -0.25) is 4.21 Å². The molecular weight excluding hydrogens is 362 g/mol. The summed E-state index contributed by atoms with van der Waals surface area (Å²) < 4.78 is 18.6. The summed E-state index contributed by atoms with van der Waals surface area (Å²) in [6.45, 7) is 0.341. The molecule has 0 radical (unpaired) electrons. The van der Waals surface area contributed by atoms with Gasteiger partial charge in [0.15, 0.2) is 0 Å². The monoisotopic (exact) mass is 373 g/mol. The molecule has 6 heteroatoms. The fourth-order valence-corrected chi connectivity index (χ4v) is 3.36. The molecule has 3 nitrogen and oxygen atoms in total. The van der Waals surface area contributed by atoms with Crippen molar-refractivity contribution in [2.75, 3.05) is 18.1 Å². The van der Waals surface area contributed by atoms with Crippen molar-refractivity contribution in [1.29, 1.82) is 0 Å². The van der Waals surface area contributed by atoms with Crippen LogP contribution in [0.4, 0.5) is 5.69 Å². The van der Waals surface area contributed by atoms with Crippen LogP contribution in [0.15, 0.2) is 51.8 Å². The maximum absolute atomic E-state index is 12.2. The SMILES string of the molecule is Nc1ccc(Cl)c(S(=O)CCOc2cccc(Br)c2)c1. The molecular formula is C14H13BrClNO2S. The minimum absolute atomic E-state index is 0.341. The fraction of sp³-hybridized carbons (Fsp3) is 0.143. The lowest BCUT2D eigenvalue weighted by molar-refractivity contribution is 0.342. The topological polar surface area (TPSA) is 52.3 Å². The van der Waals surface area contributed by atoms with Gasteiger partial charge in [0, 0.05) is 10.2 Å². The molecule has 0 aliphatic carbocycles. The lowest BCUT2D eigenvalue weighted by Crippen LogP contribution is -2.09. The van der Waals surface area contributed by atoms with Crippen LogP contribution in [0.25, 0.3) is 0 Å². The van der Waals surface area contributed by atoms with E-state index < -0.39 is 10.8 Å². The van der Waals surface area contributed by atoms with E-state index in [2.05, 4.69) is 15.9 Å². The summed E-state index contributed by atoms with van der Waals surface area (Å²) in [5.74, 6) is 1.09. The molecule has 0 fully saturated rings. The van der Waals surface area contributed by atoms with Gasteiger partial charge in [-0.25, -0.2) is 0 Å². The van der Waals surface area contributed by atoms with Crippen LogP contribution in [0.3, 0.4) is 0 Å². The van der Waals surface area contributed by atoms with E-state index in [-0.39, 0.29) is 0 Å². The van der Waals surface area contributed by atoms with E-state index in [0.29, 0.717) is 28.0 Å². The maximum Gasteiger partial charge on any atom is 0.120 e. The van der Waals surface area contributed by atoms with Crippen LogP contribution in [0.1, 0.15) is 0 Å². The molecule has 0 aliphatic heterocycles. The van der Waals surface area contributed by atoms with Crippen molar-refractivity contribution in [2.24, 2.45) is 0 Å². The maximum atomic E-state index is 12.2. The highest BCUT2D eigenvalue weighted by Gasteiger charge is 2.09. The lowest BCUT2D eigenvalue weighted by Gasteiger charge is -2.08. The average molecular weight is 375 g/mol. The molecule has 0 heterocycles. The van der Waals surface area contributed by atoms with Gasteiger partial charge < -0.3 is 10.5 Å². The zero-order valence-electron chi connectivity index (χ0n) is 10.5. The second kappa shape index (κ2) is 7.11. The minimum Gasteiger partial charge on any atom is -0.493 e. The first kappa shape index (κ1) is 15.4. The molecule has 2 rings (SSSR count). The first-order valence-electron chi connectivity index (χ1n) is 5.88. The van der Waals surface area contributed by atoms with Crippen LogP contribution in [0, 0.1) is 0 Å². The van der Waals surface area contributed by atoms with Crippen molar-refractivity contribution in [3.8, 4) is 5.75 Å². The Morgan fingerprint density at radius 1 is 1.25 bits per heavy atom. The number of benzene rings is 2. The van der Waals surface area contributed by atoms with Gasteiger partial charge in [0.25, 0.3) is 0 Å². The van der Waals surface area contributed by atoms with Gasteiger partial charge in [-0.2, -0.15) is 0 Å². The number of ether oxygens (including phenoxy) is 1. The van der Waals surface area contributed by atoms with Crippen molar-refractivity contribution in [3.63, 3.8) is 0 Å². The third kappa shape index (κ3) is 4.23. The molecule has 106 valence electrons. The molecule has 2 aromatic carbocycles. The summed E-state index contributed by atoms with van der Waals surface area (Å²) in [6, 6.07) is 12.5. The van der Waals surface area contributed by atoms with E-state index >= 15 is 0 Å². The summed E-state index contributed by atoms with van der Waals surface area (Å²) >= 11 is 9.38. The zero-order valence-corrected chi connectivity index (χ0v) is 13.7. The highest BCUT2D eigenvalue weighted by molar-refractivity contribution is 9.10. The predicted octanol–water partition coefficient (Wildman–Crippen LogP) is 3.87. The van der Waals surface area contributed by atoms with Crippen molar-refractivity contribution in [1.82, 2.24) is 0 Å². The Bertz CT molecular complexity index is 636. The molecule has 2 aromatic rings. The number of hydrogen-bond acceptors (Lipinski definition) is 3. The molecule has 20 heavy (non-hydrogen) atoms. The van der Waals surface area contributed by atoms with Gasteiger partial charge in [-0.1, -0.05) is 33.6 Å². The van der Waals surface area contributed by atoms with Crippen LogP contribution in [-0.4, -0.2) is 16.6 Å². The van der Waals surface area contributed by atoms with Gasteiger partial charge in [-0.05, 0) is 36.4 Å². The van der Waals surface area contributed by atoms with Gasteiger partial charge >= 0.3 is 0 Å². The normalized spacial score (nSPS) is 12.1. The van der Waals surface area contributed by atoms with Gasteiger partial charge in [0.2, 0.25) is 0 Å². The molecule has 0 bridgehead atoms. The number of hydrogen-bond donors (Lipinski definition) is 1. The van der Waals surface area contributed by atoms with Crippen LogP contribution >= 0.6 is 27.5 Å². The number of rotatable bonds is 5. The minimum atomic E-state index is -1.23. The second-order valence-electron chi connectivity index (χ2n) is 4.05. The van der Waals surface area contributed by atoms with E-state index in [4.69, 9.17) is 22.1 Å². The lowest BCUT2D eigenvalue weighted by atomic mass is 10.3. The van der Waals surface area contributed by atoms with Crippen molar-refractivity contribution < 1.29 is 8.95 Å². The third-order valence-electron chi connectivity index (χ3n) is 2.53. The van der Waals surface area contributed by atoms with Crippen LogP contribution < -0.4 is 10.5 Å². The molecule has 0 aliphatic rings. The second-order valence-corrected chi connectivity index (χ2v) is 6.91. The number of halogens is 2. The number of anilines is 1. The molecule has 2 N–H and O–H groups in total. The highest BCUT2D eigenvalue weighted by Crippen LogP contribution is 2.23. The third-order valence-corrected chi connectivity index (χ3v) is 4.83. The van der Waals surface area contributed by atoms with Gasteiger partial charge in [0.05, 0.1) is 26.5 Å². The van der Waals surface area contributed by atoms with E-state index in [1.807, 2.05) is 24.3 Å². The van der Waals surface area contributed by atoms with Crippen molar-refractivity contribution in [3.05, 3.63) is 52.0 Å². The van der Waals surface area contributed by atoms with Crippen molar-refractivity contribution in [2.45, 2.75) is 4.90 Å². The first-order valence-corrected chi connectivity index (χ1v) is 8.37. The van der Waals surface area contributed by atoms with E-state index in [0.717, 1.165) is 10.2 Å². The molecule has 1 atom stereocenters. The fourth-order valence-electron chi connectivity index (χ4n) is 1.60. The average Bonchev–Trinajstić information content (AvgIpc) is 2.41. The zero-order chi connectivity index (χ0) is 14.5. The number of nitrogens with two attached hydrogens (primary N) is 1. The largest absolute Gasteiger partial charge is 0.493 e. The Labute approximate surface area is 133 Å². The predicted molar refractivity (Wildman–Crippen MR) is 86.8 cm³/mol. The summed E-state index contributed by atoms with van der Waals surface area (Å²) in [5.41, 5.74) is 6.22. The van der Waals surface area contributed by atoms with Gasteiger partial charge in [0.1, 0.15) is 12.4 Å². The molecule has 0 amide bonds. The summed E-state index contributed by atoms with van der Waals surface area (Å²) in [7, 11) is -1.23. The van der Waals surface area contributed by atoms with Crippen LogP contribution in [-0.2, 0) is 10.8 Å². The molecule has 0 saturated heterocycles. The Hall–Kier alpha value is -1.04. The first-order chi connectivity index (χ1) is 9.56. The summed E-state index contributed by atoms with van der Waals surface area (Å²) in [5, 5.41) is 0.458. The Kier molecular flexibility index (Phi) is 5.46. The standard InChI is InChI=1S/C14H13BrClNO2S/c15-10-2-1-3-12(8-10)19-6-7-20(18)14-9-11(17)4-5-13(14)16/h1-5,8-9H,6-7,17H2. The quantitative estimate of drug-likeness (QED) is 0.808. The van der Waals surface area contributed by atoms with Crippen LogP contribution in [0.5, 0.6) is 5.75 Å². The molecule has 0 aromatic heterocycles. The summed E-state index contributed by atoms with van der Waals surface area (Å²) in [4.78, 5) is 0.546. The van der Waals surface area contributed by atoms with Crippen molar-refractivity contribution >= 4 is 44.0 Å². The molecule has 0 saturated carbocycles.